The van der Waals surface area contributed by atoms with Crippen molar-refractivity contribution in [3.05, 3.63) is 23.8 Å². The van der Waals surface area contributed by atoms with Crippen LogP contribution in [0.25, 0.3) is 0 Å². The second-order valence-electron chi connectivity index (χ2n) is 6.73. The fraction of sp³-hybridized carbons (Fsp3) is 0.632. The molecular formula is C19H32N4O5S. The fourth-order valence-electron chi connectivity index (χ4n) is 3.28. The molecule has 0 bridgehead atoms. The Morgan fingerprint density at radius 2 is 1.69 bits per heavy atom. The Labute approximate surface area is 173 Å². The minimum absolute atomic E-state index is 0.0974. The number of rotatable bonds is 10. The third-order valence-corrected chi connectivity index (χ3v) is 7.18. The summed E-state index contributed by atoms with van der Waals surface area (Å²) in [6.07, 6.45) is 0. The van der Waals surface area contributed by atoms with Gasteiger partial charge < -0.3 is 14.8 Å². The van der Waals surface area contributed by atoms with Gasteiger partial charge in [-0.25, -0.2) is 0 Å². The van der Waals surface area contributed by atoms with Crippen LogP contribution >= 0.6 is 0 Å². The van der Waals surface area contributed by atoms with Crippen molar-refractivity contribution >= 4 is 16.1 Å². The highest BCUT2D eigenvalue weighted by molar-refractivity contribution is 7.86. The van der Waals surface area contributed by atoms with Crippen molar-refractivity contribution < 1.29 is 22.7 Å². The molecule has 1 saturated heterocycles. The number of nitrogens with zero attached hydrogens (tertiary/aromatic N) is 3. The number of piperazine rings is 1. The molecule has 0 saturated carbocycles. The molecule has 0 aromatic heterocycles. The summed E-state index contributed by atoms with van der Waals surface area (Å²) in [6, 6.07) is 5.50. The van der Waals surface area contributed by atoms with Crippen LogP contribution < -0.4 is 14.8 Å². The SMILES string of the molecule is CCN(CC)S(=O)(=O)N1CCN(CC(=O)NCc2ccc(OC)c(OC)c2)CC1. The van der Waals surface area contributed by atoms with Gasteiger partial charge in [0.2, 0.25) is 5.91 Å². The third-order valence-electron chi connectivity index (χ3n) is 4.99. The Balaban J connectivity index is 1.81. The molecule has 164 valence electrons. The van der Waals surface area contributed by atoms with Crippen molar-refractivity contribution in [1.82, 2.24) is 18.8 Å². The number of ether oxygens (including phenoxy) is 2. The third kappa shape index (κ3) is 6.05. The molecule has 1 aromatic carbocycles. The first-order valence-corrected chi connectivity index (χ1v) is 11.2. The highest BCUT2D eigenvalue weighted by Gasteiger charge is 2.31. The second-order valence-corrected chi connectivity index (χ2v) is 8.66. The van der Waals surface area contributed by atoms with Gasteiger partial charge in [-0.1, -0.05) is 19.9 Å². The maximum Gasteiger partial charge on any atom is 0.282 e. The highest BCUT2D eigenvalue weighted by Crippen LogP contribution is 2.27. The molecule has 1 aromatic rings. The molecule has 1 aliphatic rings. The van der Waals surface area contributed by atoms with E-state index in [1.54, 1.807) is 20.3 Å². The van der Waals surface area contributed by atoms with Crippen LogP contribution in [0, 0.1) is 0 Å². The number of amides is 1. The molecule has 1 N–H and O–H groups in total. The number of carbonyl (C=O) groups is 1. The number of hydrogen-bond donors (Lipinski definition) is 1. The summed E-state index contributed by atoms with van der Waals surface area (Å²) in [5, 5.41) is 2.90. The highest BCUT2D eigenvalue weighted by atomic mass is 32.2. The second kappa shape index (κ2) is 10.8. The molecule has 0 aliphatic carbocycles. The van der Waals surface area contributed by atoms with E-state index in [-0.39, 0.29) is 12.5 Å². The van der Waals surface area contributed by atoms with Crippen molar-refractivity contribution in [3.63, 3.8) is 0 Å². The quantitative estimate of drug-likeness (QED) is 0.584. The van der Waals surface area contributed by atoms with Crippen LogP contribution in [0.4, 0.5) is 0 Å². The lowest BCUT2D eigenvalue weighted by Gasteiger charge is -2.35. The normalized spacial score (nSPS) is 16.0. The van der Waals surface area contributed by atoms with Crippen molar-refractivity contribution in [2.24, 2.45) is 0 Å². The summed E-state index contributed by atoms with van der Waals surface area (Å²) in [5.74, 6) is 1.16. The lowest BCUT2D eigenvalue weighted by atomic mass is 10.2. The summed E-state index contributed by atoms with van der Waals surface area (Å²) in [6.45, 7) is 7.05. The van der Waals surface area contributed by atoms with E-state index in [0.717, 1.165) is 5.56 Å². The Kier molecular flexibility index (Phi) is 8.69. The fourth-order valence-corrected chi connectivity index (χ4v) is 4.89. The first-order chi connectivity index (χ1) is 13.8. The van der Waals surface area contributed by atoms with Crippen molar-refractivity contribution in [1.29, 1.82) is 0 Å². The largest absolute Gasteiger partial charge is 0.493 e. The van der Waals surface area contributed by atoms with E-state index in [4.69, 9.17) is 9.47 Å². The maximum absolute atomic E-state index is 12.6. The summed E-state index contributed by atoms with van der Waals surface area (Å²) in [4.78, 5) is 14.3. The van der Waals surface area contributed by atoms with Gasteiger partial charge in [0.1, 0.15) is 0 Å². The van der Waals surface area contributed by atoms with E-state index in [2.05, 4.69) is 5.32 Å². The first-order valence-electron chi connectivity index (χ1n) is 9.80. The molecule has 9 nitrogen and oxygen atoms in total. The molecule has 10 heteroatoms. The minimum Gasteiger partial charge on any atom is -0.493 e. The number of carbonyl (C=O) groups excluding carboxylic acids is 1. The molecule has 1 aliphatic heterocycles. The van der Waals surface area contributed by atoms with Gasteiger partial charge in [0.15, 0.2) is 11.5 Å². The smallest absolute Gasteiger partial charge is 0.282 e. The molecule has 0 atom stereocenters. The van der Waals surface area contributed by atoms with Gasteiger partial charge in [0.25, 0.3) is 10.2 Å². The van der Waals surface area contributed by atoms with Crippen molar-refractivity contribution in [2.45, 2.75) is 20.4 Å². The Bertz CT molecular complexity index is 775. The van der Waals surface area contributed by atoms with Crippen molar-refractivity contribution in [3.8, 4) is 11.5 Å². The maximum atomic E-state index is 12.6. The van der Waals surface area contributed by atoms with Gasteiger partial charge in [-0.3, -0.25) is 9.69 Å². The lowest BCUT2D eigenvalue weighted by molar-refractivity contribution is -0.122. The average Bonchev–Trinajstić information content (AvgIpc) is 2.73. The van der Waals surface area contributed by atoms with Crippen LogP contribution in [0.5, 0.6) is 11.5 Å². The number of methoxy groups -OCH3 is 2. The Hall–Kier alpha value is -1.88. The number of nitrogens with one attached hydrogen (secondary N) is 1. The topological polar surface area (TPSA) is 91.4 Å². The van der Waals surface area contributed by atoms with Gasteiger partial charge in [-0.05, 0) is 17.7 Å². The standard InChI is InChI=1S/C19H32N4O5S/c1-5-22(6-2)29(25,26)23-11-9-21(10-12-23)15-19(24)20-14-16-7-8-17(27-3)18(13-16)28-4/h7-8,13H,5-6,9-12,14-15H2,1-4H3,(H,20,24). The van der Waals surface area contributed by atoms with Gasteiger partial charge in [0, 0.05) is 45.8 Å². The van der Waals surface area contributed by atoms with Gasteiger partial charge in [-0.2, -0.15) is 17.0 Å². The molecule has 1 amide bonds. The molecular weight excluding hydrogens is 396 g/mol. The van der Waals surface area contributed by atoms with Crippen molar-refractivity contribution in [2.75, 3.05) is 60.0 Å². The van der Waals surface area contributed by atoms with Gasteiger partial charge in [-0.15, -0.1) is 0 Å². The molecule has 2 rings (SSSR count). The van der Waals surface area contributed by atoms with Crippen LogP contribution in [-0.4, -0.2) is 87.9 Å². The van der Waals surface area contributed by atoms with E-state index in [1.165, 1.54) is 8.61 Å². The van der Waals surface area contributed by atoms with Gasteiger partial charge in [0.05, 0.1) is 20.8 Å². The summed E-state index contributed by atoms with van der Waals surface area (Å²) in [5.41, 5.74) is 0.908. The van der Waals surface area contributed by atoms with E-state index in [0.29, 0.717) is 57.3 Å². The monoisotopic (exact) mass is 428 g/mol. The first kappa shape index (κ1) is 23.4. The van der Waals surface area contributed by atoms with E-state index in [9.17, 15) is 13.2 Å². The predicted octanol–water partition coefficient (Wildman–Crippen LogP) is 0.524. The van der Waals surface area contributed by atoms with E-state index >= 15 is 0 Å². The number of benzene rings is 1. The van der Waals surface area contributed by atoms with Crippen LogP contribution in [0.3, 0.4) is 0 Å². The van der Waals surface area contributed by atoms with E-state index < -0.39 is 10.2 Å². The van der Waals surface area contributed by atoms with Gasteiger partial charge >= 0.3 is 0 Å². The summed E-state index contributed by atoms with van der Waals surface area (Å²) >= 11 is 0. The zero-order chi connectivity index (χ0) is 21.4. The van der Waals surface area contributed by atoms with Crippen LogP contribution in [-0.2, 0) is 21.5 Å². The molecule has 0 radical (unpaired) electrons. The predicted molar refractivity (Wildman–Crippen MR) is 111 cm³/mol. The number of hydrogen-bond acceptors (Lipinski definition) is 6. The molecule has 0 unspecified atom stereocenters. The van der Waals surface area contributed by atoms with Crippen LogP contribution in [0.15, 0.2) is 18.2 Å². The molecule has 0 spiro atoms. The minimum atomic E-state index is -3.42. The average molecular weight is 429 g/mol. The molecule has 29 heavy (non-hydrogen) atoms. The van der Waals surface area contributed by atoms with E-state index in [1.807, 2.05) is 30.9 Å². The molecule has 1 fully saturated rings. The lowest BCUT2D eigenvalue weighted by Crippen LogP contribution is -2.54. The Morgan fingerprint density at radius 3 is 2.24 bits per heavy atom. The Morgan fingerprint density at radius 1 is 1.07 bits per heavy atom. The molecule has 1 heterocycles. The summed E-state index contributed by atoms with van der Waals surface area (Å²) in [7, 11) is -0.272. The zero-order valence-corrected chi connectivity index (χ0v) is 18.5. The summed E-state index contributed by atoms with van der Waals surface area (Å²) < 4.78 is 38.6. The van der Waals surface area contributed by atoms with Crippen LogP contribution in [0.1, 0.15) is 19.4 Å². The van der Waals surface area contributed by atoms with Crippen LogP contribution in [0.2, 0.25) is 0 Å². The zero-order valence-electron chi connectivity index (χ0n) is 17.7.